The molecule has 1 aromatic rings. The van der Waals surface area contributed by atoms with Crippen molar-refractivity contribution in [3.8, 4) is 0 Å². The summed E-state index contributed by atoms with van der Waals surface area (Å²) < 4.78 is 10.5. The van der Waals surface area contributed by atoms with Crippen molar-refractivity contribution in [3.63, 3.8) is 0 Å². The molecular formula is C15H18O3. The van der Waals surface area contributed by atoms with Gasteiger partial charge in [0.05, 0.1) is 25.4 Å². The van der Waals surface area contributed by atoms with Gasteiger partial charge in [0, 0.05) is 0 Å². The standard InChI is InChI=1S/C15H18O3/c1-10-8-14(18-9-11(10)2)12-4-6-13(7-5-12)15(16)17-3/h4-7,14H,8-9H2,1-3H3. The Morgan fingerprint density at radius 3 is 2.44 bits per heavy atom. The Balaban J connectivity index is 2.14. The van der Waals surface area contributed by atoms with Gasteiger partial charge in [-0.15, -0.1) is 0 Å². The molecule has 1 aromatic carbocycles. The van der Waals surface area contributed by atoms with E-state index in [9.17, 15) is 4.79 Å². The van der Waals surface area contributed by atoms with Crippen molar-refractivity contribution >= 4 is 5.97 Å². The van der Waals surface area contributed by atoms with Crippen LogP contribution in [0, 0.1) is 0 Å². The van der Waals surface area contributed by atoms with E-state index in [2.05, 4.69) is 18.6 Å². The van der Waals surface area contributed by atoms with Crippen LogP contribution in [0.4, 0.5) is 0 Å². The first-order valence-electron chi connectivity index (χ1n) is 6.07. The summed E-state index contributed by atoms with van der Waals surface area (Å²) in [6, 6.07) is 7.44. The highest BCUT2D eigenvalue weighted by molar-refractivity contribution is 5.89. The van der Waals surface area contributed by atoms with Crippen LogP contribution < -0.4 is 0 Å². The number of carbonyl (C=O) groups excluding carboxylic acids is 1. The zero-order valence-electron chi connectivity index (χ0n) is 11.0. The van der Waals surface area contributed by atoms with Crippen molar-refractivity contribution in [2.45, 2.75) is 26.4 Å². The zero-order chi connectivity index (χ0) is 13.1. The third kappa shape index (κ3) is 2.62. The van der Waals surface area contributed by atoms with Crippen molar-refractivity contribution in [2.75, 3.05) is 13.7 Å². The highest BCUT2D eigenvalue weighted by atomic mass is 16.5. The maximum absolute atomic E-state index is 11.3. The number of methoxy groups -OCH3 is 1. The summed E-state index contributed by atoms with van der Waals surface area (Å²) in [5, 5.41) is 0. The van der Waals surface area contributed by atoms with Crippen LogP contribution in [-0.4, -0.2) is 19.7 Å². The summed E-state index contributed by atoms with van der Waals surface area (Å²) in [4.78, 5) is 11.3. The van der Waals surface area contributed by atoms with Crippen LogP contribution in [0.15, 0.2) is 35.4 Å². The molecule has 0 spiro atoms. The Kier molecular flexibility index (Phi) is 3.82. The van der Waals surface area contributed by atoms with E-state index in [0.29, 0.717) is 12.2 Å². The normalized spacial score (nSPS) is 19.8. The molecule has 0 aliphatic carbocycles. The van der Waals surface area contributed by atoms with Gasteiger partial charge in [-0.2, -0.15) is 0 Å². The lowest BCUT2D eigenvalue weighted by molar-refractivity contribution is 0.0571. The molecule has 0 amide bonds. The molecule has 1 atom stereocenters. The first-order chi connectivity index (χ1) is 8.61. The van der Waals surface area contributed by atoms with E-state index >= 15 is 0 Å². The quantitative estimate of drug-likeness (QED) is 0.593. The van der Waals surface area contributed by atoms with Gasteiger partial charge in [-0.3, -0.25) is 0 Å². The molecule has 3 heteroatoms. The van der Waals surface area contributed by atoms with Crippen molar-refractivity contribution in [3.05, 3.63) is 46.5 Å². The molecule has 0 saturated heterocycles. The van der Waals surface area contributed by atoms with Gasteiger partial charge >= 0.3 is 5.97 Å². The van der Waals surface area contributed by atoms with E-state index in [1.807, 2.05) is 12.1 Å². The van der Waals surface area contributed by atoms with Crippen LogP contribution in [0.3, 0.4) is 0 Å². The fourth-order valence-electron chi connectivity index (χ4n) is 2.03. The number of hydrogen-bond acceptors (Lipinski definition) is 3. The molecule has 0 radical (unpaired) electrons. The molecule has 1 heterocycles. The lowest BCUT2D eigenvalue weighted by Crippen LogP contribution is -2.14. The van der Waals surface area contributed by atoms with E-state index in [1.54, 1.807) is 12.1 Å². The topological polar surface area (TPSA) is 35.5 Å². The summed E-state index contributed by atoms with van der Waals surface area (Å²) in [5.41, 5.74) is 4.38. The number of rotatable bonds is 2. The molecule has 96 valence electrons. The predicted octanol–water partition coefficient (Wildman–Crippen LogP) is 3.27. The van der Waals surface area contributed by atoms with Crippen molar-refractivity contribution in [2.24, 2.45) is 0 Å². The molecule has 0 N–H and O–H groups in total. The van der Waals surface area contributed by atoms with Crippen LogP contribution in [0.1, 0.15) is 42.3 Å². The minimum Gasteiger partial charge on any atom is -0.465 e. The van der Waals surface area contributed by atoms with E-state index in [1.165, 1.54) is 18.3 Å². The molecule has 0 saturated carbocycles. The molecule has 18 heavy (non-hydrogen) atoms. The van der Waals surface area contributed by atoms with Gasteiger partial charge in [0.25, 0.3) is 0 Å². The molecule has 2 rings (SSSR count). The van der Waals surface area contributed by atoms with Gasteiger partial charge in [0.15, 0.2) is 0 Å². The number of benzene rings is 1. The third-order valence-corrected chi connectivity index (χ3v) is 3.42. The van der Waals surface area contributed by atoms with Gasteiger partial charge in [-0.25, -0.2) is 4.79 Å². The second-order valence-electron chi connectivity index (χ2n) is 4.68. The van der Waals surface area contributed by atoms with Gasteiger partial charge in [0.1, 0.15) is 0 Å². The number of carbonyl (C=O) groups is 1. The predicted molar refractivity (Wildman–Crippen MR) is 69.5 cm³/mol. The Bertz CT molecular complexity index is 471. The summed E-state index contributed by atoms with van der Waals surface area (Å²) in [7, 11) is 1.39. The van der Waals surface area contributed by atoms with Gasteiger partial charge in [-0.1, -0.05) is 17.7 Å². The molecule has 3 nitrogen and oxygen atoms in total. The van der Waals surface area contributed by atoms with E-state index in [0.717, 1.165) is 12.0 Å². The minimum absolute atomic E-state index is 0.0976. The Hall–Kier alpha value is -1.61. The van der Waals surface area contributed by atoms with Crippen LogP contribution in [0.2, 0.25) is 0 Å². The summed E-state index contributed by atoms with van der Waals surface area (Å²) in [6.45, 7) is 4.94. The molecular weight excluding hydrogens is 228 g/mol. The number of esters is 1. The minimum atomic E-state index is -0.307. The van der Waals surface area contributed by atoms with Crippen molar-refractivity contribution in [1.29, 1.82) is 0 Å². The van der Waals surface area contributed by atoms with Crippen LogP contribution in [0.25, 0.3) is 0 Å². The van der Waals surface area contributed by atoms with Crippen molar-refractivity contribution < 1.29 is 14.3 Å². The SMILES string of the molecule is COC(=O)c1ccc(C2CC(C)=C(C)CO2)cc1. The highest BCUT2D eigenvalue weighted by Crippen LogP contribution is 2.31. The number of hydrogen-bond donors (Lipinski definition) is 0. The Labute approximate surface area is 107 Å². The maximum atomic E-state index is 11.3. The molecule has 1 aliphatic heterocycles. The monoisotopic (exact) mass is 246 g/mol. The fraction of sp³-hybridized carbons (Fsp3) is 0.400. The highest BCUT2D eigenvalue weighted by Gasteiger charge is 2.19. The molecule has 0 fully saturated rings. The van der Waals surface area contributed by atoms with E-state index in [-0.39, 0.29) is 12.1 Å². The average Bonchev–Trinajstić information content (AvgIpc) is 2.41. The van der Waals surface area contributed by atoms with Gasteiger partial charge < -0.3 is 9.47 Å². The Morgan fingerprint density at radius 1 is 1.22 bits per heavy atom. The Morgan fingerprint density at radius 2 is 1.89 bits per heavy atom. The molecule has 0 aromatic heterocycles. The second-order valence-corrected chi connectivity index (χ2v) is 4.68. The summed E-state index contributed by atoms with van der Waals surface area (Å²) >= 11 is 0. The van der Waals surface area contributed by atoms with Crippen LogP contribution >= 0.6 is 0 Å². The van der Waals surface area contributed by atoms with E-state index in [4.69, 9.17) is 4.74 Å². The second kappa shape index (κ2) is 5.36. The zero-order valence-corrected chi connectivity index (χ0v) is 11.0. The first kappa shape index (κ1) is 12.8. The summed E-state index contributed by atoms with van der Waals surface area (Å²) in [5.74, 6) is -0.307. The lowest BCUT2D eigenvalue weighted by atomic mass is 9.96. The van der Waals surface area contributed by atoms with E-state index < -0.39 is 0 Å². The first-order valence-corrected chi connectivity index (χ1v) is 6.07. The molecule has 0 bridgehead atoms. The summed E-state index contributed by atoms with van der Waals surface area (Å²) in [6.07, 6.45) is 1.02. The average molecular weight is 246 g/mol. The molecule has 1 aliphatic rings. The van der Waals surface area contributed by atoms with Crippen LogP contribution in [0.5, 0.6) is 0 Å². The van der Waals surface area contributed by atoms with Crippen LogP contribution in [-0.2, 0) is 9.47 Å². The van der Waals surface area contributed by atoms with Gasteiger partial charge in [0.2, 0.25) is 0 Å². The van der Waals surface area contributed by atoms with Crippen molar-refractivity contribution in [1.82, 2.24) is 0 Å². The number of ether oxygens (including phenoxy) is 2. The fourth-order valence-corrected chi connectivity index (χ4v) is 2.03. The largest absolute Gasteiger partial charge is 0.465 e. The van der Waals surface area contributed by atoms with Gasteiger partial charge in [-0.05, 0) is 43.5 Å². The smallest absolute Gasteiger partial charge is 0.337 e. The third-order valence-electron chi connectivity index (χ3n) is 3.42. The lowest BCUT2D eigenvalue weighted by Gasteiger charge is -2.25. The molecule has 1 unspecified atom stereocenters. The maximum Gasteiger partial charge on any atom is 0.337 e.